The Balaban J connectivity index is 4.63. The van der Waals surface area contributed by atoms with Crippen LogP contribution in [0, 0.1) is 11.3 Å². The summed E-state index contributed by atoms with van der Waals surface area (Å²) in [6, 6.07) is 0.748. The van der Waals surface area contributed by atoms with E-state index in [9.17, 15) is 13.2 Å². The third-order valence-corrected chi connectivity index (χ3v) is 3.92. The lowest BCUT2D eigenvalue weighted by Gasteiger charge is -2.17. The standard InChI is InChI=1S/C10H19N3O3S/c1-5-9(6-11)17(15,16)13-8(4)10(14)12-7(2)3/h7-9,13H,5H2,1-4H3,(H,12,14). The molecule has 0 heterocycles. The van der Waals surface area contributed by atoms with E-state index in [1.165, 1.54) is 6.92 Å². The third kappa shape index (κ3) is 5.15. The van der Waals surface area contributed by atoms with Gasteiger partial charge in [0, 0.05) is 6.04 Å². The number of nitriles is 1. The molecule has 0 aliphatic heterocycles. The Morgan fingerprint density at radius 1 is 1.35 bits per heavy atom. The van der Waals surface area contributed by atoms with Gasteiger partial charge in [0.25, 0.3) is 0 Å². The molecule has 0 bridgehead atoms. The van der Waals surface area contributed by atoms with E-state index in [2.05, 4.69) is 10.0 Å². The van der Waals surface area contributed by atoms with Crippen LogP contribution in [0.4, 0.5) is 0 Å². The van der Waals surface area contributed by atoms with E-state index in [4.69, 9.17) is 5.26 Å². The average molecular weight is 261 g/mol. The minimum absolute atomic E-state index is 0.0626. The van der Waals surface area contributed by atoms with Crippen LogP contribution < -0.4 is 10.0 Å². The maximum Gasteiger partial charge on any atom is 0.238 e. The molecule has 0 aromatic carbocycles. The molecule has 0 saturated carbocycles. The van der Waals surface area contributed by atoms with Gasteiger partial charge in [0.2, 0.25) is 15.9 Å². The fourth-order valence-corrected chi connectivity index (χ4v) is 2.51. The lowest BCUT2D eigenvalue weighted by molar-refractivity contribution is -0.122. The predicted molar refractivity (Wildman–Crippen MR) is 64.5 cm³/mol. The van der Waals surface area contributed by atoms with Gasteiger partial charge in [-0.05, 0) is 27.2 Å². The molecule has 98 valence electrons. The second-order valence-electron chi connectivity index (χ2n) is 4.07. The van der Waals surface area contributed by atoms with Gasteiger partial charge in [-0.15, -0.1) is 0 Å². The first-order chi connectivity index (χ1) is 7.74. The molecule has 0 saturated heterocycles. The Kier molecular flexibility index (Phi) is 6.13. The van der Waals surface area contributed by atoms with Crippen molar-refractivity contribution in [2.24, 2.45) is 0 Å². The normalized spacial score (nSPS) is 15.1. The van der Waals surface area contributed by atoms with Crippen LogP contribution in [-0.2, 0) is 14.8 Å². The number of hydrogen-bond acceptors (Lipinski definition) is 4. The predicted octanol–water partition coefficient (Wildman–Crippen LogP) is 0.121. The van der Waals surface area contributed by atoms with E-state index in [1.807, 2.05) is 0 Å². The van der Waals surface area contributed by atoms with Crippen LogP contribution in [0.15, 0.2) is 0 Å². The summed E-state index contributed by atoms with van der Waals surface area (Å²) in [4.78, 5) is 11.5. The van der Waals surface area contributed by atoms with Crippen molar-refractivity contribution in [3.8, 4) is 6.07 Å². The van der Waals surface area contributed by atoms with Crippen molar-refractivity contribution >= 4 is 15.9 Å². The number of amides is 1. The molecule has 17 heavy (non-hydrogen) atoms. The van der Waals surface area contributed by atoms with Crippen molar-refractivity contribution in [2.75, 3.05) is 0 Å². The Hall–Kier alpha value is -1.13. The summed E-state index contributed by atoms with van der Waals surface area (Å²) >= 11 is 0. The molecule has 0 aromatic heterocycles. The maximum atomic E-state index is 11.7. The van der Waals surface area contributed by atoms with Crippen molar-refractivity contribution in [3.05, 3.63) is 0 Å². The van der Waals surface area contributed by atoms with Gasteiger partial charge >= 0.3 is 0 Å². The van der Waals surface area contributed by atoms with Crippen LogP contribution in [0.5, 0.6) is 0 Å². The zero-order valence-electron chi connectivity index (χ0n) is 10.5. The average Bonchev–Trinajstić information content (AvgIpc) is 2.16. The quantitative estimate of drug-likeness (QED) is 0.709. The highest BCUT2D eigenvalue weighted by Crippen LogP contribution is 2.04. The summed E-state index contributed by atoms with van der Waals surface area (Å²) in [5.41, 5.74) is 0. The molecule has 6 nitrogen and oxygen atoms in total. The molecule has 7 heteroatoms. The molecule has 0 aromatic rings. The van der Waals surface area contributed by atoms with Gasteiger partial charge in [-0.3, -0.25) is 4.79 Å². The monoisotopic (exact) mass is 261 g/mol. The van der Waals surface area contributed by atoms with Gasteiger partial charge in [-0.1, -0.05) is 6.92 Å². The maximum absolute atomic E-state index is 11.7. The van der Waals surface area contributed by atoms with Crippen LogP contribution in [0.1, 0.15) is 34.1 Å². The number of hydrogen-bond donors (Lipinski definition) is 2. The molecule has 2 unspecified atom stereocenters. The largest absolute Gasteiger partial charge is 0.353 e. The van der Waals surface area contributed by atoms with Crippen LogP contribution in [0.2, 0.25) is 0 Å². The molecule has 1 amide bonds. The molecular weight excluding hydrogens is 242 g/mol. The Morgan fingerprint density at radius 3 is 2.24 bits per heavy atom. The zero-order valence-corrected chi connectivity index (χ0v) is 11.3. The van der Waals surface area contributed by atoms with E-state index in [-0.39, 0.29) is 12.5 Å². The van der Waals surface area contributed by atoms with Crippen molar-refractivity contribution in [1.82, 2.24) is 10.0 Å². The van der Waals surface area contributed by atoms with Crippen LogP contribution >= 0.6 is 0 Å². The minimum atomic E-state index is -3.77. The first-order valence-electron chi connectivity index (χ1n) is 5.45. The number of nitrogens with one attached hydrogen (secondary N) is 2. The van der Waals surface area contributed by atoms with Crippen molar-refractivity contribution in [2.45, 2.75) is 51.4 Å². The number of carbonyl (C=O) groups is 1. The minimum Gasteiger partial charge on any atom is -0.353 e. The highest BCUT2D eigenvalue weighted by molar-refractivity contribution is 7.90. The van der Waals surface area contributed by atoms with E-state index in [0.29, 0.717) is 0 Å². The van der Waals surface area contributed by atoms with E-state index >= 15 is 0 Å². The fourth-order valence-electron chi connectivity index (χ4n) is 1.17. The Bertz CT molecular complexity index is 398. The Labute approximate surface area is 102 Å². The molecule has 0 aliphatic carbocycles. The summed E-state index contributed by atoms with van der Waals surface area (Å²) in [6.07, 6.45) is 0.185. The SMILES string of the molecule is CCC(C#N)S(=O)(=O)NC(C)C(=O)NC(C)C. The summed E-state index contributed by atoms with van der Waals surface area (Å²) in [5.74, 6) is -0.406. The second kappa shape index (κ2) is 6.57. The van der Waals surface area contributed by atoms with E-state index in [1.54, 1.807) is 26.8 Å². The van der Waals surface area contributed by atoms with Gasteiger partial charge in [0.15, 0.2) is 5.25 Å². The summed E-state index contributed by atoms with van der Waals surface area (Å²) < 4.78 is 25.6. The first kappa shape index (κ1) is 15.9. The fraction of sp³-hybridized carbons (Fsp3) is 0.800. The molecule has 0 fully saturated rings. The first-order valence-corrected chi connectivity index (χ1v) is 7.00. The van der Waals surface area contributed by atoms with Gasteiger partial charge in [0.1, 0.15) is 0 Å². The van der Waals surface area contributed by atoms with Crippen molar-refractivity contribution in [1.29, 1.82) is 5.26 Å². The smallest absolute Gasteiger partial charge is 0.238 e. The third-order valence-electron chi connectivity index (χ3n) is 2.05. The number of nitrogens with zero attached hydrogens (tertiary/aromatic N) is 1. The van der Waals surface area contributed by atoms with Gasteiger partial charge in [0.05, 0.1) is 12.1 Å². The molecular formula is C10H19N3O3S. The number of rotatable bonds is 6. The van der Waals surface area contributed by atoms with Gasteiger partial charge in [-0.25, -0.2) is 13.1 Å². The molecule has 2 N–H and O–H groups in total. The van der Waals surface area contributed by atoms with Crippen LogP contribution in [-0.4, -0.2) is 31.7 Å². The van der Waals surface area contributed by atoms with E-state index in [0.717, 1.165) is 0 Å². The van der Waals surface area contributed by atoms with Gasteiger partial charge in [-0.2, -0.15) is 5.26 Å². The highest BCUT2D eigenvalue weighted by Gasteiger charge is 2.27. The summed E-state index contributed by atoms with van der Waals surface area (Å²) in [7, 11) is -3.77. The lowest BCUT2D eigenvalue weighted by atomic mass is 10.3. The molecule has 0 spiro atoms. The molecule has 0 aliphatic rings. The second-order valence-corrected chi connectivity index (χ2v) is 5.97. The lowest BCUT2D eigenvalue weighted by Crippen LogP contribution is -2.48. The summed E-state index contributed by atoms with van der Waals surface area (Å²) in [6.45, 7) is 6.61. The van der Waals surface area contributed by atoms with Crippen LogP contribution in [0.25, 0.3) is 0 Å². The topological polar surface area (TPSA) is 99.1 Å². The van der Waals surface area contributed by atoms with Crippen molar-refractivity contribution < 1.29 is 13.2 Å². The molecule has 0 rings (SSSR count). The van der Waals surface area contributed by atoms with Crippen molar-refractivity contribution in [3.63, 3.8) is 0 Å². The zero-order chi connectivity index (χ0) is 13.6. The molecule has 2 atom stereocenters. The van der Waals surface area contributed by atoms with Gasteiger partial charge < -0.3 is 5.32 Å². The highest BCUT2D eigenvalue weighted by atomic mass is 32.2. The molecule has 0 radical (unpaired) electrons. The van der Waals surface area contributed by atoms with Crippen LogP contribution in [0.3, 0.4) is 0 Å². The number of sulfonamides is 1. The Morgan fingerprint density at radius 2 is 1.88 bits per heavy atom. The number of carbonyl (C=O) groups excluding carboxylic acids is 1. The van der Waals surface area contributed by atoms with E-state index < -0.39 is 27.2 Å². The summed E-state index contributed by atoms with van der Waals surface area (Å²) in [5, 5.41) is 10.2.